The van der Waals surface area contributed by atoms with Gasteiger partial charge in [0.1, 0.15) is 5.82 Å². The third-order valence-electron chi connectivity index (χ3n) is 3.92. The predicted octanol–water partition coefficient (Wildman–Crippen LogP) is 0.200. The topological polar surface area (TPSA) is 86.9 Å². The fourth-order valence-corrected chi connectivity index (χ4v) is 2.68. The predicted molar refractivity (Wildman–Crippen MR) is 79.9 cm³/mol. The van der Waals surface area contributed by atoms with Crippen LogP contribution in [0, 0.1) is 11.7 Å². The SMILES string of the molecule is CN(C)C(=O)C[C@@H]1CN(c2cccc(F)c2C(N)=O)C[C@H]1O. The van der Waals surface area contributed by atoms with Crippen LogP contribution in [0.25, 0.3) is 0 Å². The molecule has 1 aromatic carbocycles. The Bertz CT molecular complexity index is 591. The van der Waals surface area contributed by atoms with E-state index in [0.717, 1.165) is 0 Å². The first-order chi connectivity index (χ1) is 10.3. The summed E-state index contributed by atoms with van der Waals surface area (Å²) in [4.78, 5) is 26.4. The number of rotatable bonds is 4. The molecular weight excluding hydrogens is 289 g/mol. The Hall–Kier alpha value is -2.15. The number of anilines is 1. The number of hydrogen-bond acceptors (Lipinski definition) is 4. The summed E-state index contributed by atoms with van der Waals surface area (Å²) >= 11 is 0. The molecule has 1 saturated heterocycles. The van der Waals surface area contributed by atoms with Crippen molar-refractivity contribution in [2.45, 2.75) is 12.5 Å². The molecule has 0 radical (unpaired) electrons. The average Bonchev–Trinajstić information content (AvgIpc) is 2.79. The molecule has 2 atom stereocenters. The zero-order valence-corrected chi connectivity index (χ0v) is 12.6. The van der Waals surface area contributed by atoms with Crippen LogP contribution in [0.5, 0.6) is 0 Å². The highest BCUT2D eigenvalue weighted by atomic mass is 19.1. The van der Waals surface area contributed by atoms with Crippen LogP contribution in [0.4, 0.5) is 10.1 Å². The quantitative estimate of drug-likeness (QED) is 0.832. The molecule has 2 rings (SSSR count). The van der Waals surface area contributed by atoms with Gasteiger partial charge in [-0.15, -0.1) is 0 Å². The highest BCUT2D eigenvalue weighted by molar-refractivity contribution is 5.99. The van der Waals surface area contributed by atoms with Gasteiger partial charge in [0.05, 0.1) is 17.4 Å². The number of carbonyl (C=O) groups excluding carboxylic acids is 2. The lowest BCUT2D eigenvalue weighted by Gasteiger charge is -2.21. The van der Waals surface area contributed by atoms with Crippen molar-refractivity contribution in [3.63, 3.8) is 0 Å². The van der Waals surface area contributed by atoms with E-state index in [1.54, 1.807) is 25.1 Å². The van der Waals surface area contributed by atoms with Gasteiger partial charge in [-0.05, 0) is 12.1 Å². The van der Waals surface area contributed by atoms with E-state index in [-0.39, 0.29) is 30.4 Å². The normalized spacial score (nSPS) is 21.0. The monoisotopic (exact) mass is 309 g/mol. The molecule has 120 valence electrons. The van der Waals surface area contributed by atoms with E-state index in [9.17, 15) is 19.1 Å². The maximum absolute atomic E-state index is 13.8. The average molecular weight is 309 g/mol. The smallest absolute Gasteiger partial charge is 0.253 e. The van der Waals surface area contributed by atoms with Crippen molar-refractivity contribution in [3.05, 3.63) is 29.6 Å². The first kappa shape index (κ1) is 16.2. The van der Waals surface area contributed by atoms with E-state index < -0.39 is 17.8 Å². The second kappa shape index (κ2) is 6.31. The second-order valence-corrected chi connectivity index (χ2v) is 5.72. The number of aliphatic hydroxyl groups excluding tert-OH is 1. The Balaban J connectivity index is 2.21. The Morgan fingerprint density at radius 1 is 1.41 bits per heavy atom. The van der Waals surface area contributed by atoms with E-state index in [2.05, 4.69) is 0 Å². The third kappa shape index (κ3) is 3.19. The highest BCUT2D eigenvalue weighted by Crippen LogP contribution is 2.30. The molecule has 0 aromatic heterocycles. The molecule has 0 saturated carbocycles. The van der Waals surface area contributed by atoms with E-state index in [1.807, 2.05) is 0 Å². The van der Waals surface area contributed by atoms with E-state index in [4.69, 9.17) is 5.73 Å². The van der Waals surface area contributed by atoms with Crippen molar-refractivity contribution >= 4 is 17.5 Å². The summed E-state index contributed by atoms with van der Waals surface area (Å²) in [7, 11) is 3.30. The van der Waals surface area contributed by atoms with Gasteiger partial charge in [0.25, 0.3) is 5.91 Å². The largest absolute Gasteiger partial charge is 0.391 e. The molecular formula is C15H20FN3O3. The summed E-state index contributed by atoms with van der Waals surface area (Å²) in [6, 6.07) is 4.25. The number of primary amides is 1. The first-order valence-electron chi connectivity index (χ1n) is 7.02. The lowest BCUT2D eigenvalue weighted by Crippen LogP contribution is -2.28. The van der Waals surface area contributed by atoms with Crippen LogP contribution in [0.1, 0.15) is 16.8 Å². The highest BCUT2D eigenvalue weighted by Gasteiger charge is 2.35. The number of benzene rings is 1. The summed E-state index contributed by atoms with van der Waals surface area (Å²) in [6.07, 6.45) is -0.515. The minimum absolute atomic E-state index is 0.0831. The molecule has 3 N–H and O–H groups in total. The molecule has 1 aliphatic heterocycles. The summed E-state index contributed by atoms with van der Waals surface area (Å²) < 4.78 is 13.8. The van der Waals surface area contributed by atoms with Gasteiger partial charge in [-0.2, -0.15) is 0 Å². The summed E-state index contributed by atoms with van der Waals surface area (Å²) in [5.74, 6) is -1.89. The molecule has 7 heteroatoms. The number of halogens is 1. The van der Waals surface area contributed by atoms with Crippen LogP contribution in [0.2, 0.25) is 0 Å². The number of hydrogen-bond donors (Lipinski definition) is 2. The number of aliphatic hydroxyl groups is 1. The molecule has 1 fully saturated rings. The Morgan fingerprint density at radius 3 is 2.68 bits per heavy atom. The molecule has 22 heavy (non-hydrogen) atoms. The molecule has 2 amide bonds. The lowest BCUT2D eigenvalue weighted by atomic mass is 10.0. The minimum atomic E-state index is -0.851. The molecule has 0 spiro atoms. The fourth-order valence-electron chi connectivity index (χ4n) is 2.68. The van der Waals surface area contributed by atoms with Crippen LogP contribution in [-0.2, 0) is 4.79 Å². The van der Waals surface area contributed by atoms with Gasteiger partial charge in [-0.1, -0.05) is 6.07 Å². The van der Waals surface area contributed by atoms with Crippen LogP contribution in [-0.4, -0.2) is 55.1 Å². The second-order valence-electron chi connectivity index (χ2n) is 5.72. The number of carbonyl (C=O) groups is 2. The molecule has 0 bridgehead atoms. The van der Waals surface area contributed by atoms with Gasteiger partial charge in [0.15, 0.2) is 0 Å². The van der Waals surface area contributed by atoms with E-state index >= 15 is 0 Å². The molecule has 1 heterocycles. The third-order valence-corrected chi connectivity index (χ3v) is 3.92. The van der Waals surface area contributed by atoms with Crippen molar-refractivity contribution < 1.29 is 19.1 Å². The zero-order chi connectivity index (χ0) is 16.4. The van der Waals surface area contributed by atoms with Gasteiger partial charge < -0.3 is 20.6 Å². The maximum atomic E-state index is 13.8. The molecule has 1 aliphatic rings. The van der Waals surface area contributed by atoms with E-state index in [0.29, 0.717) is 12.2 Å². The molecule has 6 nitrogen and oxygen atoms in total. The van der Waals surface area contributed by atoms with Crippen LogP contribution in [0.3, 0.4) is 0 Å². The summed E-state index contributed by atoms with van der Waals surface area (Å²) in [5.41, 5.74) is 5.41. The Kier molecular flexibility index (Phi) is 4.65. The zero-order valence-electron chi connectivity index (χ0n) is 12.6. The summed E-state index contributed by atoms with van der Waals surface area (Å²) in [5, 5.41) is 10.1. The van der Waals surface area contributed by atoms with Crippen molar-refractivity contribution in [3.8, 4) is 0 Å². The van der Waals surface area contributed by atoms with Crippen LogP contribution in [0.15, 0.2) is 18.2 Å². The number of amides is 2. The number of nitrogens with two attached hydrogens (primary N) is 1. The molecule has 0 unspecified atom stereocenters. The van der Waals surface area contributed by atoms with Crippen molar-refractivity contribution in [1.82, 2.24) is 4.90 Å². The van der Waals surface area contributed by atoms with Crippen LogP contribution >= 0.6 is 0 Å². The number of β-amino-alcohol motifs (C(OH)–C–C–N with tert-alkyl or cyclic N) is 1. The van der Waals surface area contributed by atoms with Gasteiger partial charge in [0.2, 0.25) is 5.91 Å². The minimum Gasteiger partial charge on any atom is -0.391 e. The van der Waals surface area contributed by atoms with Gasteiger partial charge in [-0.25, -0.2) is 4.39 Å². The standard InChI is InChI=1S/C15H20FN3O3/c1-18(2)13(21)6-9-7-19(8-12(9)20)11-5-3-4-10(16)14(11)15(17)22/h3-5,9,12,20H,6-8H2,1-2H3,(H2,17,22)/t9-,12-/m1/s1. The number of nitrogens with zero attached hydrogens (tertiary/aromatic N) is 2. The summed E-state index contributed by atoms with van der Waals surface area (Å²) in [6.45, 7) is 0.597. The van der Waals surface area contributed by atoms with Crippen LogP contribution < -0.4 is 10.6 Å². The Labute approximate surface area is 128 Å². The molecule has 0 aliphatic carbocycles. The van der Waals surface area contributed by atoms with E-state index in [1.165, 1.54) is 17.0 Å². The van der Waals surface area contributed by atoms with Gasteiger partial charge >= 0.3 is 0 Å². The maximum Gasteiger partial charge on any atom is 0.253 e. The molecule has 1 aromatic rings. The fraction of sp³-hybridized carbons (Fsp3) is 0.467. The van der Waals surface area contributed by atoms with Gasteiger partial charge in [0, 0.05) is 39.5 Å². The van der Waals surface area contributed by atoms with Crippen molar-refractivity contribution in [1.29, 1.82) is 0 Å². The van der Waals surface area contributed by atoms with Crippen molar-refractivity contribution in [2.75, 3.05) is 32.1 Å². The first-order valence-corrected chi connectivity index (χ1v) is 7.02. The van der Waals surface area contributed by atoms with Gasteiger partial charge in [-0.3, -0.25) is 9.59 Å². The Morgan fingerprint density at radius 2 is 2.09 bits per heavy atom. The lowest BCUT2D eigenvalue weighted by molar-refractivity contribution is -0.130. The van der Waals surface area contributed by atoms with Crippen molar-refractivity contribution in [2.24, 2.45) is 11.7 Å².